The molecule has 0 aromatic carbocycles. The Bertz CT molecular complexity index is 512. The molecule has 1 aliphatic heterocycles. The number of hydrogen-bond acceptors (Lipinski definition) is 5. The second-order valence-electron chi connectivity index (χ2n) is 5.39. The van der Waals surface area contributed by atoms with E-state index in [2.05, 4.69) is 22.9 Å². The number of nitrogens with zero attached hydrogens (tertiary/aromatic N) is 3. The van der Waals surface area contributed by atoms with Crippen molar-refractivity contribution < 1.29 is 4.74 Å². The minimum atomic E-state index is 0.559. The molecule has 0 N–H and O–H groups in total. The Morgan fingerprint density at radius 1 is 1.35 bits per heavy atom. The smallest absolute Gasteiger partial charge is 0.189 e. The first-order valence-electron chi connectivity index (χ1n) is 7.22. The minimum absolute atomic E-state index is 0.559. The molecule has 5 heteroatoms. The van der Waals surface area contributed by atoms with Crippen LogP contribution in [0.2, 0.25) is 0 Å². The lowest BCUT2D eigenvalue weighted by Crippen LogP contribution is -2.37. The average molecular weight is 291 g/mol. The van der Waals surface area contributed by atoms with E-state index in [0.29, 0.717) is 19.4 Å². The molecule has 108 valence electrons. The van der Waals surface area contributed by atoms with Crippen molar-refractivity contribution >= 4 is 23.2 Å². The summed E-state index contributed by atoms with van der Waals surface area (Å²) < 4.78 is 5.78. The summed E-state index contributed by atoms with van der Waals surface area (Å²) in [6, 6.07) is 0.559. The number of fused-ring (bicyclic) bond motifs is 1. The summed E-state index contributed by atoms with van der Waals surface area (Å²) >= 11 is 1.59. The Morgan fingerprint density at radius 3 is 2.90 bits per heavy atom. The summed E-state index contributed by atoms with van der Waals surface area (Å²) in [5.74, 6) is 1.05. The van der Waals surface area contributed by atoms with Gasteiger partial charge in [0.25, 0.3) is 0 Å². The van der Waals surface area contributed by atoms with Gasteiger partial charge in [0.2, 0.25) is 0 Å². The molecular formula is C15H21N3OS. The zero-order chi connectivity index (χ0) is 13.9. The molecule has 20 heavy (non-hydrogen) atoms. The fraction of sp³-hybridized carbons (Fsp3) is 0.600. The van der Waals surface area contributed by atoms with E-state index in [1.165, 1.54) is 31.3 Å². The Morgan fingerprint density at radius 2 is 2.15 bits per heavy atom. The highest BCUT2D eigenvalue weighted by molar-refractivity contribution is 7.98. The first-order chi connectivity index (χ1) is 9.79. The zero-order valence-corrected chi connectivity index (χ0v) is 12.9. The van der Waals surface area contributed by atoms with Crippen molar-refractivity contribution in [1.29, 1.82) is 0 Å². The fourth-order valence-electron chi connectivity index (χ4n) is 2.95. The third-order valence-corrected chi connectivity index (χ3v) is 4.69. The monoisotopic (exact) mass is 291 g/mol. The van der Waals surface area contributed by atoms with E-state index in [4.69, 9.17) is 9.72 Å². The SMILES string of the molecule is CSc1ncc2c(n1)N(C1CCCC1)COCC=C2C. The lowest BCUT2D eigenvalue weighted by Gasteiger charge is -2.32. The van der Waals surface area contributed by atoms with E-state index < -0.39 is 0 Å². The van der Waals surface area contributed by atoms with Gasteiger partial charge in [0.05, 0.1) is 6.61 Å². The maximum atomic E-state index is 5.78. The van der Waals surface area contributed by atoms with Crippen molar-refractivity contribution in [1.82, 2.24) is 9.97 Å². The first kappa shape index (κ1) is 13.9. The van der Waals surface area contributed by atoms with Crippen LogP contribution in [0.5, 0.6) is 0 Å². The second kappa shape index (κ2) is 6.14. The Balaban J connectivity index is 2.04. The van der Waals surface area contributed by atoms with Crippen LogP contribution in [0.4, 0.5) is 5.82 Å². The molecule has 1 aliphatic carbocycles. The zero-order valence-electron chi connectivity index (χ0n) is 12.1. The van der Waals surface area contributed by atoms with Gasteiger partial charge in [0, 0.05) is 17.8 Å². The molecule has 3 rings (SSSR count). The molecule has 0 atom stereocenters. The van der Waals surface area contributed by atoms with Gasteiger partial charge < -0.3 is 9.64 Å². The second-order valence-corrected chi connectivity index (χ2v) is 6.16. The minimum Gasteiger partial charge on any atom is -0.357 e. The van der Waals surface area contributed by atoms with Gasteiger partial charge in [-0.3, -0.25) is 0 Å². The van der Waals surface area contributed by atoms with E-state index >= 15 is 0 Å². The summed E-state index contributed by atoms with van der Waals surface area (Å²) in [7, 11) is 0. The predicted molar refractivity (Wildman–Crippen MR) is 83.0 cm³/mol. The summed E-state index contributed by atoms with van der Waals surface area (Å²) in [6.45, 7) is 3.41. The molecule has 0 bridgehead atoms. The quantitative estimate of drug-likeness (QED) is 0.617. The summed E-state index contributed by atoms with van der Waals surface area (Å²) in [6.07, 6.45) is 11.2. The Hall–Kier alpha value is -1.07. The van der Waals surface area contributed by atoms with Crippen LogP contribution >= 0.6 is 11.8 Å². The number of allylic oxidation sites excluding steroid dienone is 1. The van der Waals surface area contributed by atoms with Crippen LogP contribution < -0.4 is 4.90 Å². The molecule has 0 saturated heterocycles. The van der Waals surface area contributed by atoms with Crippen LogP contribution in [0.1, 0.15) is 38.2 Å². The Kier molecular flexibility index (Phi) is 4.27. The van der Waals surface area contributed by atoms with Gasteiger partial charge in [-0.15, -0.1) is 0 Å². The van der Waals surface area contributed by atoms with Gasteiger partial charge in [-0.25, -0.2) is 9.97 Å². The Labute approximate surface area is 124 Å². The normalized spacial score (nSPS) is 20.3. The van der Waals surface area contributed by atoms with Crippen molar-refractivity contribution in [2.24, 2.45) is 0 Å². The standard InChI is InChI=1S/C15H21N3OS/c1-11-7-8-19-10-18(12-5-3-4-6-12)14-13(11)9-16-15(17-14)20-2/h7,9,12H,3-6,8,10H2,1-2H3. The van der Waals surface area contributed by atoms with Gasteiger partial charge in [0.1, 0.15) is 12.5 Å². The van der Waals surface area contributed by atoms with Crippen molar-refractivity contribution in [3.8, 4) is 0 Å². The highest BCUT2D eigenvalue weighted by Gasteiger charge is 2.27. The molecule has 1 aromatic rings. The van der Waals surface area contributed by atoms with E-state index in [9.17, 15) is 0 Å². The number of anilines is 1. The summed E-state index contributed by atoms with van der Waals surface area (Å²) in [5, 5.41) is 0.833. The van der Waals surface area contributed by atoms with Crippen LogP contribution in [0.25, 0.3) is 5.57 Å². The van der Waals surface area contributed by atoms with Crippen molar-refractivity contribution in [2.75, 3.05) is 24.5 Å². The maximum absolute atomic E-state index is 5.78. The predicted octanol–water partition coefficient (Wildman–Crippen LogP) is 3.34. The van der Waals surface area contributed by atoms with Gasteiger partial charge >= 0.3 is 0 Å². The number of rotatable bonds is 2. The molecule has 0 radical (unpaired) electrons. The molecule has 2 heterocycles. The van der Waals surface area contributed by atoms with E-state index in [-0.39, 0.29) is 0 Å². The molecular weight excluding hydrogens is 270 g/mol. The van der Waals surface area contributed by atoms with E-state index in [1.807, 2.05) is 12.5 Å². The highest BCUT2D eigenvalue weighted by Crippen LogP contribution is 2.33. The lowest BCUT2D eigenvalue weighted by molar-refractivity contribution is 0.154. The van der Waals surface area contributed by atoms with Crippen molar-refractivity contribution in [3.05, 3.63) is 17.8 Å². The molecule has 0 spiro atoms. The third-order valence-electron chi connectivity index (χ3n) is 4.13. The molecule has 0 unspecified atom stereocenters. The largest absolute Gasteiger partial charge is 0.357 e. The van der Waals surface area contributed by atoms with Crippen LogP contribution in [-0.2, 0) is 4.74 Å². The third kappa shape index (κ3) is 2.69. The van der Waals surface area contributed by atoms with Crippen LogP contribution in [-0.4, -0.2) is 35.6 Å². The van der Waals surface area contributed by atoms with Crippen molar-refractivity contribution in [2.45, 2.75) is 43.8 Å². The van der Waals surface area contributed by atoms with Gasteiger partial charge in [-0.2, -0.15) is 0 Å². The van der Waals surface area contributed by atoms with Crippen LogP contribution in [0.15, 0.2) is 17.4 Å². The fourth-order valence-corrected chi connectivity index (χ4v) is 3.29. The first-order valence-corrected chi connectivity index (χ1v) is 8.44. The highest BCUT2D eigenvalue weighted by atomic mass is 32.2. The van der Waals surface area contributed by atoms with Gasteiger partial charge in [-0.1, -0.05) is 30.7 Å². The molecule has 2 aliphatic rings. The molecule has 0 amide bonds. The number of ether oxygens (including phenoxy) is 1. The van der Waals surface area contributed by atoms with Crippen LogP contribution in [0, 0.1) is 0 Å². The van der Waals surface area contributed by atoms with Crippen LogP contribution in [0.3, 0.4) is 0 Å². The van der Waals surface area contributed by atoms with Crippen molar-refractivity contribution in [3.63, 3.8) is 0 Å². The molecule has 1 saturated carbocycles. The number of aromatic nitrogens is 2. The number of hydrogen-bond donors (Lipinski definition) is 0. The molecule has 1 fully saturated rings. The topological polar surface area (TPSA) is 38.2 Å². The maximum Gasteiger partial charge on any atom is 0.189 e. The van der Waals surface area contributed by atoms with Gasteiger partial charge in [-0.05, 0) is 31.6 Å². The summed E-state index contributed by atoms with van der Waals surface area (Å²) in [5.41, 5.74) is 2.35. The molecule has 1 aromatic heterocycles. The lowest BCUT2D eigenvalue weighted by atomic mass is 10.1. The van der Waals surface area contributed by atoms with Gasteiger partial charge in [0.15, 0.2) is 5.16 Å². The average Bonchev–Trinajstić information content (AvgIpc) is 2.98. The molecule has 4 nitrogen and oxygen atoms in total. The van der Waals surface area contributed by atoms with E-state index in [1.54, 1.807) is 11.8 Å². The van der Waals surface area contributed by atoms with E-state index in [0.717, 1.165) is 16.5 Å². The summed E-state index contributed by atoms with van der Waals surface area (Å²) in [4.78, 5) is 11.6. The number of thioether (sulfide) groups is 1.